The normalized spacial score (nSPS) is 52.8. The minimum Gasteiger partial charge on any atom is -0.396 e. The first-order valence-electron chi connectivity index (χ1n) is 15.4. The number of ether oxygens (including phenoxy) is 1. The van der Waals surface area contributed by atoms with Gasteiger partial charge in [0.25, 0.3) is 0 Å². The third-order valence-corrected chi connectivity index (χ3v) is 13.8. The van der Waals surface area contributed by atoms with Gasteiger partial charge in [-0.2, -0.15) is 0 Å². The smallest absolute Gasteiger partial charge is 0.0639 e. The van der Waals surface area contributed by atoms with E-state index in [0.29, 0.717) is 24.4 Å². The summed E-state index contributed by atoms with van der Waals surface area (Å²) in [6.45, 7) is 18.2. The van der Waals surface area contributed by atoms with Crippen molar-refractivity contribution in [2.24, 2.45) is 50.2 Å². The van der Waals surface area contributed by atoms with Gasteiger partial charge in [0.2, 0.25) is 0 Å². The SMILES string of the molecule is CC1(C)C[C@@H]2C3=CC[C@@H]4[C@@]5(C)CC[C@H](O)C(C)(CO)C5CC[C@@]4(C)[C@]3(C)CC[C@@]2(C)[C@H](OCCCO)C1. The van der Waals surface area contributed by atoms with E-state index >= 15 is 0 Å². The number of aliphatic hydroxyl groups is 3. The number of rotatable bonds is 5. The fourth-order valence-electron chi connectivity index (χ4n) is 11.2. The van der Waals surface area contributed by atoms with Crippen LogP contribution < -0.4 is 0 Å². The van der Waals surface area contributed by atoms with Crippen molar-refractivity contribution in [3.05, 3.63) is 11.6 Å². The summed E-state index contributed by atoms with van der Waals surface area (Å²) in [4.78, 5) is 0. The largest absolute Gasteiger partial charge is 0.396 e. The van der Waals surface area contributed by atoms with Crippen LogP contribution in [-0.2, 0) is 4.74 Å². The second-order valence-electron chi connectivity index (χ2n) is 16.1. The molecule has 0 aromatic rings. The zero-order valence-electron chi connectivity index (χ0n) is 24.9. The van der Waals surface area contributed by atoms with Crippen molar-refractivity contribution in [2.75, 3.05) is 19.8 Å². The molecule has 0 aromatic carbocycles. The van der Waals surface area contributed by atoms with Gasteiger partial charge in [-0.25, -0.2) is 0 Å². The van der Waals surface area contributed by atoms with Gasteiger partial charge in [-0.3, -0.25) is 0 Å². The summed E-state index contributed by atoms with van der Waals surface area (Å²) in [6, 6.07) is 0. The summed E-state index contributed by atoms with van der Waals surface area (Å²) < 4.78 is 6.57. The highest BCUT2D eigenvalue weighted by Crippen LogP contribution is 2.75. The van der Waals surface area contributed by atoms with Crippen molar-refractivity contribution >= 4 is 0 Å². The van der Waals surface area contributed by atoms with Gasteiger partial charge in [-0.1, -0.05) is 60.1 Å². The van der Waals surface area contributed by atoms with Crippen LogP contribution in [-0.4, -0.2) is 47.3 Å². The van der Waals surface area contributed by atoms with Gasteiger partial charge < -0.3 is 20.1 Å². The van der Waals surface area contributed by atoms with E-state index < -0.39 is 11.5 Å². The number of hydrogen-bond donors (Lipinski definition) is 3. The third-order valence-electron chi connectivity index (χ3n) is 13.8. The fraction of sp³-hybridized carbons (Fsp3) is 0.939. The molecule has 3 N–H and O–H groups in total. The summed E-state index contributed by atoms with van der Waals surface area (Å²) >= 11 is 0. The molecule has 37 heavy (non-hydrogen) atoms. The predicted molar refractivity (Wildman–Crippen MR) is 149 cm³/mol. The van der Waals surface area contributed by atoms with E-state index in [1.165, 1.54) is 25.7 Å². The van der Waals surface area contributed by atoms with Gasteiger partial charge >= 0.3 is 0 Å². The molecular formula is C33H56O4. The molecular weight excluding hydrogens is 460 g/mol. The van der Waals surface area contributed by atoms with E-state index in [-0.39, 0.29) is 46.4 Å². The standard InChI is InChI=1S/C33H56O4/c1-28(2)19-23-22-9-10-25-30(4)13-12-26(36)31(5,21-35)24(30)11-14-33(25,7)32(22,6)16-15-29(23,3)27(20-28)37-18-8-17-34/h9,23-27,34-36H,8,10-21H2,1-7H3/t23-,24?,25-,26+,27-,29-,30+,31?,32-,33-/m1/s1. The molecule has 0 radical (unpaired) electrons. The first kappa shape index (κ1) is 28.1. The number of aliphatic hydroxyl groups excluding tert-OH is 3. The van der Waals surface area contributed by atoms with Gasteiger partial charge in [-0.05, 0) is 104 Å². The molecule has 10 atom stereocenters. The van der Waals surface area contributed by atoms with Crippen molar-refractivity contribution in [3.8, 4) is 0 Å². The Morgan fingerprint density at radius 1 is 0.865 bits per heavy atom. The van der Waals surface area contributed by atoms with Gasteiger partial charge in [0.1, 0.15) is 0 Å². The zero-order valence-corrected chi connectivity index (χ0v) is 24.9. The Morgan fingerprint density at radius 3 is 2.27 bits per heavy atom. The molecule has 4 nitrogen and oxygen atoms in total. The summed E-state index contributed by atoms with van der Waals surface area (Å²) in [5.41, 5.74) is 2.31. The van der Waals surface area contributed by atoms with Crippen LogP contribution in [0, 0.1) is 50.2 Å². The number of hydrogen-bond acceptors (Lipinski definition) is 4. The second kappa shape index (κ2) is 9.05. The summed E-state index contributed by atoms with van der Waals surface area (Å²) in [5, 5.41) is 30.8. The van der Waals surface area contributed by atoms with E-state index in [1.807, 2.05) is 0 Å². The molecule has 2 unspecified atom stereocenters. The first-order valence-corrected chi connectivity index (χ1v) is 15.4. The molecule has 0 saturated heterocycles. The van der Waals surface area contributed by atoms with E-state index in [4.69, 9.17) is 4.74 Å². The quantitative estimate of drug-likeness (QED) is 0.287. The molecule has 0 bridgehead atoms. The minimum absolute atomic E-state index is 0.0867. The summed E-state index contributed by atoms with van der Waals surface area (Å²) in [5.74, 6) is 1.51. The first-order chi connectivity index (χ1) is 17.2. The van der Waals surface area contributed by atoms with Crippen LogP contribution in [0.25, 0.3) is 0 Å². The lowest BCUT2D eigenvalue weighted by Crippen LogP contribution is -2.66. The number of fused-ring (bicyclic) bond motifs is 7. The fourth-order valence-corrected chi connectivity index (χ4v) is 11.2. The molecule has 212 valence electrons. The van der Waals surface area contributed by atoms with Crippen molar-refractivity contribution < 1.29 is 20.1 Å². The van der Waals surface area contributed by atoms with E-state index in [1.54, 1.807) is 5.57 Å². The topological polar surface area (TPSA) is 69.9 Å². The molecule has 0 amide bonds. The molecule has 5 aliphatic carbocycles. The molecule has 5 aliphatic rings. The molecule has 0 spiro atoms. The van der Waals surface area contributed by atoms with Crippen molar-refractivity contribution in [1.82, 2.24) is 0 Å². The second-order valence-corrected chi connectivity index (χ2v) is 16.1. The highest BCUT2D eigenvalue weighted by atomic mass is 16.5. The summed E-state index contributed by atoms with van der Waals surface area (Å²) in [7, 11) is 0. The monoisotopic (exact) mass is 516 g/mol. The van der Waals surface area contributed by atoms with E-state index in [0.717, 1.165) is 38.5 Å². The maximum atomic E-state index is 11.0. The molecule has 4 fully saturated rings. The Bertz CT molecular complexity index is 912. The van der Waals surface area contributed by atoms with Gasteiger partial charge in [0, 0.05) is 24.0 Å². The maximum absolute atomic E-state index is 11.0. The lowest BCUT2D eigenvalue weighted by molar-refractivity contribution is -0.220. The Morgan fingerprint density at radius 2 is 1.59 bits per heavy atom. The van der Waals surface area contributed by atoms with E-state index in [9.17, 15) is 15.3 Å². The Hall–Kier alpha value is -0.420. The minimum atomic E-state index is -0.396. The highest BCUT2D eigenvalue weighted by molar-refractivity contribution is 5.34. The predicted octanol–water partition coefficient (Wildman–Crippen LogP) is 6.52. The van der Waals surface area contributed by atoms with Crippen LogP contribution in [0.4, 0.5) is 0 Å². The summed E-state index contributed by atoms with van der Waals surface area (Å²) in [6.07, 6.45) is 13.4. The van der Waals surface area contributed by atoms with Crippen LogP contribution in [0.5, 0.6) is 0 Å². The van der Waals surface area contributed by atoms with Crippen molar-refractivity contribution in [3.63, 3.8) is 0 Å². The van der Waals surface area contributed by atoms with Gasteiger partial charge in [0.05, 0.1) is 18.8 Å². The molecule has 0 heterocycles. The number of allylic oxidation sites excluding steroid dienone is 2. The zero-order chi connectivity index (χ0) is 27.1. The maximum Gasteiger partial charge on any atom is 0.0639 e. The average molecular weight is 517 g/mol. The molecule has 4 heteroatoms. The molecule has 0 aromatic heterocycles. The molecule has 0 aliphatic heterocycles. The van der Waals surface area contributed by atoms with Crippen molar-refractivity contribution in [2.45, 2.75) is 125 Å². The highest BCUT2D eigenvalue weighted by Gasteiger charge is 2.69. The Balaban J connectivity index is 1.53. The lowest BCUT2D eigenvalue weighted by atomic mass is 9.33. The van der Waals surface area contributed by atoms with Crippen LogP contribution in [0.1, 0.15) is 113 Å². The van der Waals surface area contributed by atoms with E-state index in [2.05, 4.69) is 54.5 Å². The van der Waals surface area contributed by atoms with Crippen molar-refractivity contribution in [1.29, 1.82) is 0 Å². The molecule has 5 rings (SSSR count). The van der Waals surface area contributed by atoms with Gasteiger partial charge in [0.15, 0.2) is 0 Å². The van der Waals surface area contributed by atoms with Gasteiger partial charge in [-0.15, -0.1) is 0 Å². The average Bonchev–Trinajstić information content (AvgIpc) is 2.83. The Labute approximate surface area is 226 Å². The molecule has 4 saturated carbocycles. The van der Waals surface area contributed by atoms with Crippen LogP contribution >= 0.6 is 0 Å². The van der Waals surface area contributed by atoms with Crippen LogP contribution in [0.2, 0.25) is 0 Å². The lowest BCUT2D eigenvalue weighted by Gasteiger charge is -2.71. The van der Waals surface area contributed by atoms with Crippen LogP contribution in [0.3, 0.4) is 0 Å². The third kappa shape index (κ3) is 3.81. The van der Waals surface area contributed by atoms with Crippen LogP contribution in [0.15, 0.2) is 11.6 Å². The Kier molecular flexibility index (Phi) is 6.88.